The van der Waals surface area contributed by atoms with Gasteiger partial charge in [-0.15, -0.1) is 11.3 Å². The summed E-state index contributed by atoms with van der Waals surface area (Å²) in [6.45, 7) is 2.14. The van der Waals surface area contributed by atoms with Crippen LogP contribution < -0.4 is 10.6 Å². The second kappa shape index (κ2) is 6.92. The molecule has 0 aliphatic carbocycles. The van der Waals surface area contributed by atoms with Crippen molar-refractivity contribution in [1.29, 1.82) is 0 Å². The van der Waals surface area contributed by atoms with Crippen molar-refractivity contribution >= 4 is 23.3 Å². The van der Waals surface area contributed by atoms with Gasteiger partial charge in [-0.2, -0.15) is 0 Å². The van der Waals surface area contributed by atoms with Gasteiger partial charge in [-0.25, -0.2) is 14.6 Å². The lowest BCUT2D eigenvalue weighted by Gasteiger charge is -2.12. The van der Waals surface area contributed by atoms with Crippen LogP contribution >= 0.6 is 11.3 Å². The SMILES string of the molecule is COC(CNC(=O)NCc1scnc1C)C(=O)O. The van der Waals surface area contributed by atoms with Gasteiger partial charge in [0.15, 0.2) is 6.10 Å². The van der Waals surface area contributed by atoms with E-state index in [-0.39, 0.29) is 6.54 Å². The highest BCUT2D eigenvalue weighted by Gasteiger charge is 2.16. The fourth-order valence-corrected chi connectivity index (χ4v) is 1.89. The van der Waals surface area contributed by atoms with Crippen molar-refractivity contribution in [3.05, 3.63) is 16.1 Å². The van der Waals surface area contributed by atoms with Gasteiger partial charge in [-0.05, 0) is 6.92 Å². The van der Waals surface area contributed by atoms with Gasteiger partial charge >= 0.3 is 12.0 Å². The van der Waals surface area contributed by atoms with Gasteiger partial charge < -0.3 is 20.5 Å². The van der Waals surface area contributed by atoms with Crippen LogP contribution in [0.15, 0.2) is 5.51 Å². The lowest BCUT2D eigenvalue weighted by molar-refractivity contribution is -0.147. The minimum Gasteiger partial charge on any atom is -0.479 e. The number of aromatic nitrogens is 1. The van der Waals surface area contributed by atoms with Crippen molar-refractivity contribution in [3.63, 3.8) is 0 Å². The van der Waals surface area contributed by atoms with Crippen LogP contribution in [0, 0.1) is 6.92 Å². The molecule has 0 bridgehead atoms. The number of rotatable bonds is 6. The number of thiazole rings is 1. The molecule has 1 atom stereocenters. The number of amides is 2. The van der Waals surface area contributed by atoms with Gasteiger partial charge in [-0.1, -0.05) is 0 Å². The third kappa shape index (κ3) is 4.30. The van der Waals surface area contributed by atoms with E-state index in [0.717, 1.165) is 10.6 Å². The molecule has 18 heavy (non-hydrogen) atoms. The number of methoxy groups -OCH3 is 1. The number of carboxylic acid groups (broad SMARTS) is 1. The third-order valence-corrected chi connectivity index (χ3v) is 3.20. The zero-order chi connectivity index (χ0) is 13.5. The molecular weight excluding hydrogens is 258 g/mol. The molecule has 1 unspecified atom stereocenters. The van der Waals surface area contributed by atoms with E-state index in [1.165, 1.54) is 18.4 Å². The van der Waals surface area contributed by atoms with E-state index in [1.807, 2.05) is 6.92 Å². The summed E-state index contributed by atoms with van der Waals surface area (Å²) in [5.74, 6) is -1.11. The predicted molar refractivity (Wildman–Crippen MR) is 65.5 cm³/mol. The van der Waals surface area contributed by atoms with Gasteiger partial charge in [0, 0.05) is 12.0 Å². The average molecular weight is 273 g/mol. The molecule has 0 aromatic carbocycles. The number of aliphatic carboxylic acids is 1. The molecule has 0 aliphatic rings. The van der Waals surface area contributed by atoms with Crippen LogP contribution in [-0.2, 0) is 16.1 Å². The molecule has 0 aliphatic heterocycles. The van der Waals surface area contributed by atoms with Crippen LogP contribution in [0.2, 0.25) is 0 Å². The maximum Gasteiger partial charge on any atom is 0.334 e. The van der Waals surface area contributed by atoms with Gasteiger partial charge in [0.2, 0.25) is 0 Å². The molecule has 1 aromatic rings. The summed E-state index contributed by atoms with van der Waals surface area (Å²) in [6, 6.07) is -0.439. The fraction of sp³-hybridized carbons (Fsp3) is 0.500. The zero-order valence-corrected chi connectivity index (χ0v) is 10.9. The van der Waals surface area contributed by atoms with Gasteiger partial charge in [0.05, 0.1) is 24.3 Å². The minimum atomic E-state index is -1.11. The third-order valence-electron chi connectivity index (χ3n) is 2.26. The number of carbonyl (C=O) groups excluding carboxylic acids is 1. The van der Waals surface area contributed by atoms with E-state index in [2.05, 4.69) is 20.4 Å². The van der Waals surface area contributed by atoms with E-state index in [0.29, 0.717) is 6.54 Å². The molecule has 7 nitrogen and oxygen atoms in total. The number of nitrogens with one attached hydrogen (secondary N) is 2. The summed E-state index contributed by atoms with van der Waals surface area (Å²) < 4.78 is 4.68. The topological polar surface area (TPSA) is 101 Å². The summed E-state index contributed by atoms with van der Waals surface area (Å²) >= 11 is 1.45. The Morgan fingerprint density at radius 2 is 2.28 bits per heavy atom. The van der Waals surface area contributed by atoms with Crippen molar-refractivity contribution in [3.8, 4) is 0 Å². The Balaban J connectivity index is 2.30. The summed E-state index contributed by atoms with van der Waals surface area (Å²) in [5.41, 5.74) is 2.58. The number of carbonyl (C=O) groups is 2. The standard InChI is InChI=1S/C10H15N3O4S/c1-6-8(18-5-13-6)4-12-10(16)11-3-7(17-2)9(14)15/h5,7H,3-4H2,1-2H3,(H,14,15)(H2,11,12,16). The van der Waals surface area contributed by atoms with Gasteiger partial charge in [0.1, 0.15) is 0 Å². The van der Waals surface area contributed by atoms with Crippen LogP contribution in [0.5, 0.6) is 0 Å². The number of carboxylic acids is 1. The zero-order valence-electron chi connectivity index (χ0n) is 10.1. The Kier molecular flexibility index (Phi) is 5.53. The number of hydrogen-bond donors (Lipinski definition) is 3. The molecule has 0 saturated heterocycles. The monoisotopic (exact) mass is 273 g/mol. The largest absolute Gasteiger partial charge is 0.479 e. The smallest absolute Gasteiger partial charge is 0.334 e. The fourth-order valence-electron chi connectivity index (χ4n) is 1.18. The second-order valence-corrected chi connectivity index (χ2v) is 4.43. The Morgan fingerprint density at radius 1 is 1.56 bits per heavy atom. The first-order valence-electron chi connectivity index (χ1n) is 5.21. The first-order valence-corrected chi connectivity index (χ1v) is 6.08. The van der Waals surface area contributed by atoms with E-state index >= 15 is 0 Å². The summed E-state index contributed by atoms with van der Waals surface area (Å²) in [6.07, 6.45) is -1.04. The molecule has 0 saturated carbocycles. The van der Waals surface area contributed by atoms with Crippen LogP contribution in [-0.4, -0.2) is 41.8 Å². The van der Waals surface area contributed by atoms with Crippen LogP contribution in [0.4, 0.5) is 4.79 Å². The quantitative estimate of drug-likeness (QED) is 0.694. The Hall–Kier alpha value is -1.67. The molecule has 1 aromatic heterocycles. The maximum absolute atomic E-state index is 11.4. The van der Waals surface area contributed by atoms with Gasteiger partial charge in [-0.3, -0.25) is 0 Å². The number of urea groups is 1. The van der Waals surface area contributed by atoms with Crippen LogP contribution in [0.3, 0.4) is 0 Å². The van der Waals surface area contributed by atoms with Crippen molar-refractivity contribution in [2.45, 2.75) is 19.6 Å². The van der Waals surface area contributed by atoms with Crippen molar-refractivity contribution in [2.24, 2.45) is 0 Å². The second-order valence-electron chi connectivity index (χ2n) is 3.49. The molecule has 1 rings (SSSR count). The van der Waals surface area contributed by atoms with Crippen molar-refractivity contribution in [2.75, 3.05) is 13.7 Å². The molecule has 0 fully saturated rings. The van der Waals surface area contributed by atoms with Crippen LogP contribution in [0.25, 0.3) is 0 Å². The summed E-state index contributed by atoms with van der Waals surface area (Å²) in [4.78, 5) is 27.1. The van der Waals surface area contributed by atoms with Crippen LogP contribution in [0.1, 0.15) is 10.6 Å². The Morgan fingerprint density at radius 3 is 2.78 bits per heavy atom. The van der Waals surface area contributed by atoms with E-state index in [4.69, 9.17) is 5.11 Å². The van der Waals surface area contributed by atoms with E-state index < -0.39 is 18.1 Å². The highest BCUT2D eigenvalue weighted by molar-refractivity contribution is 7.09. The minimum absolute atomic E-state index is 0.0840. The summed E-state index contributed by atoms with van der Waals surface area (Å²) in [7, 11) is 1.28. The lowest BCUT2D eigenvalue weighted by Crippen LogP contribution is -2.42. The van der Waals surface area contributed by atoms with Gasteiger partial charge in [0.25, 0.3) is 0 Å². The molecule has 8 heteroatoms. The highest BCUT2D eigenvalue weighted by atomic mass is 32.1. The molecule has 3 N–H and O–H groups in total. The number of aryl methyl sites for hydroxylation is 1. The molecule has 0 spiro atoms. The van der Waals surface area contributed by atoms with E-state index in [1.54, 1.807) is 5.51 Å². The average Bonchev–Trinajstić information content (AvgIpc) is 2.72. The van der Waals surface area contributed by atoms with Crippen molar-refractivity contribution < 1.29 is 19.4 Å². The first-order chi connectivity index (χ1) is 8.54. The molecule has 100 valence electrons. The number of ether oxygens (including phenoxy) is 1. The van der Waals surface area contributed by atoms with E-state index in [9.17, 15) is 9.59 Å². The normalized spacial score (nSPS) is 11.9. The number of nitrogens with zero attached hydrogens (tertiary/aromatic N) is 1. The highest BCUT2D eigenvalue weighted by Crippen LogP contribution is 2.10. The molecule has 1 heterocycles. The predicted octanol–water partition coefficient (Wildman–Crippen LogP) is 0.350. The molecular formula is C10H15N3O4S. The maximum atomic E-state index is 11.4. The molecule has 2 amide bonds. The first kappa shape index (κ1) is 14.4. The molecule has 0 radical (unpaired) electrons. The Bertz CT molecular complexity index is 421. The van der Waals surface area contributed by atoms with Crippen molar-refractivity contribution in [1.82, 2.24) is 15.6 Å². The number of hydrogen-bond acceptors (Lipinski definition) is 5. The Labute approximate surface area is 108 Å². The lowest BCUT2D eigenvalue weighted by atomic mass is 10.3. The summed E-state index contributed by atoms with van der Waals surface area (Å²) in [5, 5.41) is 13.7.